The average molecular weight is 511 g/mol. The summed E-state index contributed by atoms with van der Waals surface area (Å²) in [6, 6.07) is 0.545. The molecule has 0 aromatic heterocycles. The van der Waals surface area contributed by atoms with E-state index in [0.717, 1.165) is 51.4 Å². The normalized spacial score (nSPS) is 12.0. The average Bonchev–Trinajstić information content (AvgIpc) is 2.73. The molecule has 0 aliphatic rings. The summed E-state index contributed by atoms with van der Waals surface area (Å²) in [6.07, 6.45) is 4.88. The first-order valence-corrected chi connectivity index (χ1v) is 14.7. The lowest BCUT2D eigenvalue weighted by Crippen LogP contribution is -2.29. The molecule has 0 aliphatic heterocycles. The summed E-state index contributed by atoms with van der Waals surface area (Å²) in [6.45, 7) is 18.1. The van der Waals surface area contributed by atoms with E-state index >= 15 is 0 Å². The third kappa shape index (κ3) is 26.3. The Bertz CT molecular complexity index is 455. The van der Waals surface area contributed by atoms with Crippen LogP contribution in [0.5, 0.6) is 0 Å². The van der Waals surface area contributed by atoms with Crippen LogP contribution in [0.1, 0.15) is 73.6 Å². The van der Waals surface area contributed by atoms with Crippen LogP contribution < -0.4 is 10.6 Å². The molecule has 0 aromatic rings. The van der Waals surface area contributed by atoms with Gasteiger partial charge in [0, 0.05) is 30.5 Å². The molecule has 7 nitrogen and oxygen atoms in total. The van der Waals surface area contributed by atoms with E-state index in [9.17, 15) is 4.79 Å². The SMILES string of the molecule is CC(C)CCCOCCOCCNC(=O)OCCC(C)(C)SSCOCCCCNC(C)C. The highest BCUT2D eigenvalue weighted by molar-refractivity contribution is 8.77. The maximum atomic E-state index is 11.8. The molecule has 0 saturated heterocycles. The summed E-state index contributed by atoms with van der Waals surface area (Å²) in [4.78, 5) is 11.8. The van der Waals surface area contributed by atoms with E-state index < -0.39 is 6.09 Å². The Morgan fingerprint density at radius 3 is 2.24 bits per heavy atom. The molecule has 0 fully saturated rings. The van der Waals surface area contributed by atoms with Crippen molar-refractivity contribution in [2.75, 3.05) is 58.7 Å². The first kappa shape index (κ1) is 32.8. The third-order valence-electron chi connectivity index (χ3n) is 4.58. The Balaban J connectivity index is 3.47. The van der Waals surface area contributed by atoms with Crippen LogP contribution >= 0.6 is 21.6 Å². The summed E-state index contributed by atoms with van der Waals surface area (Å²) in [5.41, 5.74) is 0. The molecular weight excluding hydrogens is 460 g/mol. The van der Waals surface area contributed by atoms with Crippen molar-refractivity contribution < 1.29 is 23.7 Å². The van der Waals surface area contributed by atoms with Crippen LogP contribution in [0, 0.1) is 5.92 Å². The Labute approximate surface area is 210 Å². The number of ether oxygens (including phenoxy) is 4. The van der Waals surface area contributed by atoms with E-state index in [2.05, 4.69) is 52.2 Å². The Hall–Kier alpha value is -0.190. The van der Waals surface area contributed by atoms with Crippen molar-refractivity contribution in [1.29, 1.82) is 0 Å². The third-order valence-corrected chi connectivity index (χ3v) is 7.61. The van der Waals surface area contributed by atoms with E-state index in [-0.39, 0.29) is 4.75 Å². The number of alkyl carbamates (subject to hydrolysis) is 1. The number of amides is 1. The molecule has 0 heterocycles. The highest BCUT2D eigenvalue weighted by atomic mass is 33.1. The molecule has 198 valence electrons. The van der Waals surface area contributed by atoms with E-state index in [1.807, 2.05) is 0 Å². The second-order valence-electron chi connectivity index (χ2n) is 9.38. The van der Waals surface area contributed by atoms with Gasteiger partial charge < -0.3 is 29.6 Å². The minimum atomic E-state index is -0.396. The predicted octanol–water partition coefficient (Wildman–Crippen LogP) is 5.48. The van der Waals surface area contributed by atoms with E-state index in [0.29, 0.717) is 45.0 Å². The molecule has 9 heteroatoms. The van der Waals surface area contributed by atoms with Crippen LogP contribution in [0.15, 0.2) is 0 Å². The molecule has 0 atom stereocenters. The number of rotatable bonds is 23. The molecule has 2 N–H and O–H groups in total. The van der Waals surface area contributed by atoms with Crippen molar-refractivity contribution in [2.24, 2.45) is 5.92 Å². The number of hydrogen-bond donors (Lipinski definition) is 2. The Morgan fingerprint density at radius 1 is 0.848 bits per heavy atom. The van der Waals surface area contributed by atoms with Crippen molar-refractivity contribution in [3.05, 3.63) is 0 Å². The number of nitrogens with one attached hydrogen (secondary N) is 2. The van der Waals surface area contributed by atoms with Gasteiger partial charge in [-0.3, -0.25) is 0 Å². The zero-order valence-corrected chi connectivity index (χ0v) is 23.5. The van der Waals surface area contributed by atoms with Gasteiger partial charge in [0.1, 0.15) is 5.94 Å². The molecule has 0 bridgehead atoms. The van der Waals surface area contributed by atoms with Crippen LogP contribution in [-0.4, -0.2) is 75.6 Å². The standard InChI is InChI=1S/C24H50N2O5S2/c1-21(2)10-9-15-28-18-19-29-17-13-26-23(27)31-16-11-24(5,6)33-32-20-30-14-8-7-12-25-22(3)4/h21-22,25H,7-20H2,1-6H3,(H,26,27). The van der Waals surface area contributed by atoms with Gasteiger partial charge in [0.05, 0.1) is 26.4 Å². The van der Waals surface area contributed by atoms with Gasteiger partial charge in [0.25, 0.3) is 0 Å². The molecule has 0 spiro atoms. The molecule has 0 saturated carbocycles. The van der Waals surface area contributed by atoms with Crippen LogP contribution in [-0.2, 0) is 18.9 Å². The molecule has 1 amide bonds. The number of hydrogen-bond acceptors (Lipinski definition) is 8. The fourth-order valence-corrected chi connectivity index (χ4v) is 4.89. The topological polar surface area (TPSA) is 78.1 Å². The van der Waals surface area contributed by atoms with Gasteiger partial charge in [-0.15, -0.1) is 0 Å². The van der Waals surface area contributed by atoms with Gasteiger partial charge in [0.2, 0.25) is 0 Å². The fraction of sp³-hybridized carbons (Fsp3) is 0.958. The van der Waals surface area contributed by atoms with Crippen molar-refractivity contribution in [3.8, 4) is 0 Å². The first-order valence-electron chi connectivity index (χ1n) is 12.4. The maximum absolute atomic E-state index is 11.8. The summed E-state index contributed by atoms with van der Waals surface area (Å²) >= 11 is 0. The van der Waals surface area contributed by atoms with Gasteiger partial charge in [-0.05, 0) is 58.4 Å². The first-order chi connectivity index (χ1) is 15.7. The number of carbonyl (C=O) groups is 1. The Morgan fingerprint density at radius 2 is 1.55 bits per heavy atom. The summed E-state index contributed by atoms with van der Waals surface area (Å²) in [5.74, 6) is 1.40. The van der Waals surface area contributed by atoms with Gasteiger partial charge in [-0.25, -0.2) is 4.79 Å². The lowest BCUT2D eigenvalue weighted by molar-refractivity contribution is 0.0462. The minimum Gasteiger partial charge on any atom is -0.450 e. The van der Waals surface area contributed by atoms with Gasteiger partial charge in [-0.1, -0.05) is 49.3 Å². The smallest absolute Gasteiger partial charge is 0.407 e. The summed E-state index contributed by atoms with van der Waals surface area (Å²) in [7, 11) is 3.49. The lowest BCUT2D eigenvalue weighted by Gasteiger charge is -2.22. The lowest BCUT2D eigenvalue weighted by atomic mass is 10.1. The van der Waals surface area contributed by atoms with Gasteiger partial charge >= 0.3 is 6.09 Å². The zero-order valence-electron chi connectivity index (χ0n) is 21.9. The fourth-order valence-electron chi connectivity index (χ4n) is 2.62. The second-order valence-corrected chi connectivity index (χ2v) is 12.3. The van der Waals surface area contributed by atoms with Crippen LogP contribution in [0.4, 0.5) is 4.79 Å². The second kappa shape index (κ2) is 22.3. The van der Waals surface area contributed by atoms with E-state index in [4.69, 9.17) is 18.9 Å². The van der Waals surface area contributed by atoms with E-state index in [1.165, 1.54) is 6.42 Å². The molecule has 0 radical (unpaired) electrons. The molecule has 33 heavy (non-hydrogen) atoms. The number of carbonyl (C=O) groups excluding carboxylic acids is 1. The van der Waals surface area contributed by atoms with Crippen LogP contribution in [0.3, 0.4) is 0 Å². The molecule has 0 unspecified atom stereocenters. The summed E-state index contributed by atoms with van der Waals surface area (Å²) in [5, 5.41) is 6.12. The van der Waals surface area contributed by atoms with E-state index in [1.54, 1.807) is 21.6 Å². The van der Waals surface area contributed by atoms with Crippen LogP contribution in [0.2, 0.25) is 0 Å². The van der Waals surface area contributed by atoms with Gasteiger partial charge in [-0.2, -0.15) is 0 Å². The number of unbranched alkanes of at least 4 members (excludes halogenated alkanes) is 1. The largest absolute Gasteiger partial charge is 0.450 e. The molecule has 0 aliphatic carbocycles. The molecular formula is C24H50N2O5S2. The molecule has 0 aromatic carbocycles. The maximum Gasteiger partial charge on any atom is 0.407 e. The monoisotopic (exact) mass is 510 g/mol. The Kier molecular flexibility index (Phi) is 22.2. The van der Waals surface area contributed by atoms with Gasteiger partial charge in [0.15, 0.2) is 0 Å². The summed E-state index contributed by atoms with van der Waals surface area (Å²) < 4.78 is 21.9. The van der Waals surface area contributed by atoms with Crippen LogP contribution in [0.25, 0.3) is 0 Å². The van der Waals surface area contributed by atoms with Crippen molar-refractivity contribution in [3.63, 3.8) is 0 Å². The zero-order chi connectivity index (χ0) is 24.8. The van der Waals surface area contributed by atoms with Crippen molar-refractivity contribution in [1.82, 2.24) is 10.6 Å². The molecule has 0 rings (SSSR count). The minimum absolute atomic E-state index is 0.00771. The highest BCUT2D eigenvalue weighted by Gasteiger charge is 2.19. The predicted molar refractivity (Wildman–Crippen MR) is 142 cm³/mol. The highest BCUT2D eigenvalue weighted by Crippen LogP contribution is 2.37. The van der Waals surface area contributed by atoms with Crippen molar-refractivity contribution >= 4 is 27.7 Å². The van der Waals surface area contributed by atoms with Crippen molar-refractivity contribution in [2.45, 2.75) is 84.4 Å². The quantitative estimate of drug-likeness (QED) is 0.106.